The molecule has 0 spiro atoms. The van der Waals surface area contributed by atoms with E-state index in [0.29, 0.717) is 21.1 Å². The number of alkyl halides is 3. The van der Waals surface area contributed by atoms with Crippen LogP contribution in [0.15, 0.2) is 30.3 Å². The molecule has 0 unspecified atom stereocenters. The number of aromatic nitrogens is 1. The number of nitrogen functional groups attached to an aromatic ring is 1. The van der Waals surface area contributed by atoms with Gasteiger partial charge in [0.05, 0.1) is 5.69 Å². The summed E-state index contributed by atoms with van der Waals surface area (Å²) >= 11 is 1.20. The summed E-state index contributed by atoms with van der Waals surface area (Å²) in [5.74, 6) is -0.804. The third-order valence-corrected chi connectivity index (χ3v) is 5.73. The van der Waals surface area contributed by atoms with Crippen LogP contribution >= 0.6 is 11.3 Å². The van der Waals surface area contributed by atoms with Crippen molar-refractivity contribution in [1.29, 1.82) is 0 Å². The monoisotopic (exact) mass is 422 g/mol. The summed E-state index contributed by atoms with van der Waals surface area (Å²) in [5, 5.41) is 3.38. The fourth-order valence-electron chi connectivity index (χ4n) is 3.24. The predicted octanol–water partition coefficient (Wildman–Crippen LogP) is 4.02. The van der Waals surface area contributed by atoms with E-state index in [-0.39, 0.29) is 5.75 Å². The second-order valence-corrected chi connectivity index (χ2v) is 7.80. The average molecular weight is 422 g/mol. The number of hydrogen-bond acceptors (Lipinski definition) is 6. The molecule has 29 heavy (non-hydrogen) atoms. The van der Waals surface area contributed by atoms with Crippen molar-refractivity contribution in [2.75, 3.05) is 24.6 Å². The number of nitrogens with one attached hydrogen (secondary N) is 1. The highest BCUT2D eigenvalue weighted by atomic mass is 32.1. The van der Waals surface area contributed by atoms with Crippen LogP contribution in [0.5, 0.6) is 5.75 Å². The average Bonchev–Trinajstić information content (AvgIpc) is 2.96. The summed E-state index contributed by atoms with van der Waals surface area (Å²) in [5.41, 5.74) is 9.00. The Morgan fingerprint density at radius 3 is 2.72 bits per heavy atom. The van der Waals surface area contributed by atoms with Gasteiger partial charge in [0.15, 0.2) is 0 Å². The van der Waals surface area contributed by atoms with Gasteiger partial charge < -0.3 is 20.7 Å². The number of rotatable bonds is 3. The van der Waals surface area contributed by atoms with E-state index < -0.39 is 12.3 Å². The Kier molecular flexibility index (Phi) is 4.83. The van der Waals surface area contributed by atoms with E-state index in [1.54, 1.807) is 0 Å². The van der Waals surface area contributed by atoms with Crippen LogP contribution in [0, 0.1) is 0 Å². The topological polar surface area (TPSA) is 80.5 Å². The lowest BCUT2D eigenvalue weighted by atomic mass is 10.0. The van der Waals surface area contributed by atoms with Crippen molar-refractivity contribution < 1.29 is 22.7 Å². The van der Waals surface area contributed by atoms with Crippen molar-refractivity contribution in [3.63, 3.8) is 0 Å². The number of carbonyl (C=O) groups excluding carboxylic acids is 1. The zero-order chi connectivity index (χ0) is 20.8. The zero-order valence-electron chi connectivity index (χ0n) is 15.3. The highest BCUT2D eigenvalue weighted by Crippen LogP contribution is 2.35. The number of ether oxygens (including phenoxy) is 1. The van der Waals surface area contributed by atoms with Gasteiger partial charge >= 0.3 is 6.36 Å². The molecule has 0 saturated carbocycles. The first-order valence-corrected chi connectivity index (χ1v) is 9.58. The van der Waals surface area contributed by atoms with Gasteiger partial charge in [-0.15, -0.1) is 24.5 Å². The maximum atomic E-state index is 12.7. The van der Waals surface area contributed by atoms with Crippen LogP contribution in [0.25, 0.3) is 10.2 Å². The number of pyridine rings is 1. The second-order valence-electron chi connectivity index (χ2n) is 6.81. The number of hydrogen-bond donors (Lipinski definition) is 2. The fourth-order valence-corrected chi connectivity index (χ4v) is 4.23. The van der Waals surface area contributed by atoms with Crippen LogP contribution < -0.4 is 15.8 Å². The lowest BCUT2D eigenvalue weighted by Crippen LogP contribution is -2.27. The molecule has 4 rings (SSSR count). The van der Waals surface area contributed by atoms with Gasteiger partial charge in [-0.2, -0.15) is 0 Å². The molecule has 152 valence electrons. The van der Waals surface area contributed by atoms with Gasteiger partial charge in [-0.1, -0.05) is 0 Å². The summed E-state index contributed by atoms with van der Waals surface area (Å²) in [7, 11) is 2.04. The van der Waals surface area contributed by atoms with Gasteiger partial charge in [-0.25, -0.2) is 4.98 Å². The van der Waals surface area contributed by atoms with E-state index >= 15 is 0 Å². The van der Waals surface area contributed by atoms with E-state index in [2.05, 4.69) is 19.9 Å². The first-order valence-electron chi connectivity index (χ1n) is 8.76. The molecule has 0 atom stereocenters. The Balaban J connectivity index is 1.56. The predicted molar refractivity (Wildman–Crippen MR) is 105 cm³/mol. The van der Waals surface area contributed by atoms with E-state index in [0.717, 1.165) is 48.3 Å². The number of fused-ring (bicyclic) bond motifs is 2. The summed E-state index contributed by atoms with van der Waals surface area (Å²) in [6.45, 7) is 1.70. The van der Waals surface area contributed by atoms with Gasteiger partial charge in [0.1, 0.15) is 15.5 Å². The number of anilines is 2. The molecule has 0 bridgehead atoms. The molecule has 0 radical (unpaired) electrons. The normalized spacial score (nSPS) is 14.6. The van der Waals surface area contributed by atoms with Gasteiger partial charge in [-0.3, -0.25) is 4.79 Å². The standard InChI is InChI=1S/C19H17F3N4O2S/c1-26-7-6-14-10(9-26)8-13-15(23)16(29-18(13)25-14)17(27)24-11-2-4-12(5-3-11)28-19(20,21)22/h2-5,8H,6-7,9,23H2,1H3,(H,24,27). The lowest BCUT2D eigenvalue weighted by Gasteiger charge is -2.24. The first kappa shape index (κ1) is 19.5. The van der Waals surface area contributed by atoms with Gasteiger partial charge in [0.2, 0.25) is 0 Å². The Bertz CT molecular complexity index is 1080. The number of benzene rings is 1. The molecule has 1 amide bonds. The van der Waals surface area contributed by atoms with Crippen LogP contribution in [0.1, 0.15) is 20.9 Å². The van der Waals surface area contributed by atoms with Crippen LogP contribution in [0.2, 0.25) is 0 Å². The number of thiophene rings is 1. The summed E-state index contributed by atoms with van der Waals surface area (Å²) in [6, 6.07) is 6.90. The van der Waals surface area contributed by atoms with Crippen molar-refractivity contribution in [3.05, 3.63) is 46.5 Å². The molecule has 10 heteroatoms. The van der Waals surface area contributed by atoms with E-state index in [4.69, 9.17) is 5.73 Å². The summed E-state index contributed by atoms with van der Waals surface area (Å²) in [4.78, 5) is 20.5. The van der Waals surface area contributed by atoms with Gasteiger partial charge in [0, 0.05) is 36.3 Å². The lowest BCUT2D eigenvalue weighted by molar-refractivity contribution is -0.274. The smallest absolute Gasteiger partial charge is 0.406 e. The van der Waals surface area contributed by atoms with Crippen LogP contribution in [0.3, 0.4) is 0 Å². The molecular weight excluding hydrogens is 405 g/mol. The van der Waals surface area contributed by atoms with Crippen molar-refractivity contribution in [2.45, 2.75) is 19.3 Å². The minimum Gasteiger partial charge on any atom is -0.406 e. The highest BCUT2D eigenvalue weighted by molar-refractivity contribution is 7.21. The Morgan fingerprint density at radius 2 is 2.03 bits per heavy atom. The fraction of sp³-hybridized carbons (Fsp3) is 0.263. The molecule has 3 aromatic rings. The number of amides is 1. The number of nitrogens with two attached hydrogens (primary N) is 1. The third kappa shape index (κ3) is 4.13. The van der Waals surface area contributed by atoms with Crippen molar-refractivity contribution >= 4 is 38.8 Å². The largest absolute Gasteiger partial charge is 0.573 e. The maximum Gasteiger partial charge on any atom is 0.573 e. The van der Waals surface area contributed by atoms with E-state index in [9.17, 15) is 18.0 Å². The van der Waals surface area contributed by atoms with Crippen molar-refractivity contribution in [2.24, 2.45) is 0 Å². The number of likely N-dealkylation sites (N-methyl/N-ethyl adjacent to an activating group) is 1. The molecule has 0 saturated heterocycles. The molecule has 1 aliphatic rings. The number of carbonyl (C=O) groups is 1. The van der Waals surface area contributed by atoms with E-state index in [1.807, 2.05) is 13.1 Å². The van der Waals surface area contributed by atoms with Crippen LogP contribution in [-0.2, 0) is 13.0 Å². The molecule has 0 aliphatic carbocycles. The second kappa shape index (κ2) is 7.20. The van der Waals surface area contributed by atoms with Crippen LogP contribution in [0.4, 0.5) is 24.5 Å². The Labute approximate surface area is 168 Å². The number of halogens is 3. The quantitative estimate of drug-likeness (QED) is 0.667. The van der Waals surface area contributed by atoms with E-state index in [1.165, 1.54) is 23.5 Å². The molecule has 6 nitrogen and oxygen atoms in total. The molecule has 2 aromatic heterocycles. The SMILES string of the molecule is CN1CCc2nc3sc(C(=O)Nc4ccc(OC(F)(F)F)cc4)c(N)c3cc2C1. The van der Waals surface area contributed by atoms with Crippen molar-refractivity contribution in [3.8, 4) is 5.75 Å². The molecule has 3 heterocycles. The molecule has 1 aromatic carbocycles. The Morgan fingerprint density at radius 1 is 1.31 bits per heavy atom. The van der Waals surface area contributed by atoms with Crippen LogP contribution in [-0.4, -0.2) is 35.7 Å². The third-order valence-electron chi connectivity index (χ3n) is 4.61. The minimum absolute atomic E-state index is 0.318. The van der Waals surface area contributed by atoms with Gasteiger partial charge in [0.25, 0.3) is 5.91 Å². The molecule has 0 fully saturated rings. The minimum atomic E-state index is -4.77. The van der Waals surface area contributed by atoms with Crippen molar-refractivity contribution in [1.82, 2.24) is 9.88 Å². The Hall–Kier alpha value is -2.85. The molecule has 1 aliphatic heterocycles. The molecular formula is C19H17F3N4O2S. The van der Waals surface area contributed by atoms with Gasteiger partial charge in [-0.05, 0) is 42.9 Å². The summed E-state index contributed by atoms with van der Waals surface area (Å²) < 4.78 is 40.5. The first-order chi connectivity index (χ1) is 13.7. The zero-order valence-corrected chi connectivity index (χ0v) is 16.2. The molecule has 3 N–H and O–H groups in total. The summed E-state index contributed by atoms with van der Waals surface area (Å²) in [6.07, 6.45) is -3.93. The number of nitrogens with zero attached hydrogens (tertiary/aromatic N) is 2. The maximum absolute atomic E-state index is 12.7. The highest BCUT2D eigenvalue weighted by Gasteiger charge is 2.31.